The number of carbonyl (C=O) groups is 3. The molecule has 3 aromatic carbocycles. The van der Waals surface area contributed by atoms with Crippen molar-refractivity contribution in [2.45, 2.75) is 6.04 Å². The number of hydrogen-bond acceptors (Lipinski definition) is 5. The Morgan fingerprint density at radius 2 is 1.50 bits per heavy atom. The molecule has 2 aliphatic heterocycles. The molecule has 2 heterocycles. The van der Waals surface area contributed by atoms with E-state index in [9.17, 15) is 14.4 Å². The van der Waals surface area contributed by atoms with Crippen LogP contribution in [-0.2, 0) is 9.59 Å². The van der Waals surface area contributed by atoms with Crippen LogP contribution in [0.2, 0.25) is 5.02 Å². The van der Waals surface area contributed by atoms with Crippen molar-refractivity contribution in [3.05, 3.63) is 93.9 Å². The molecule has 0 saturated carbocycles. The van der Waals surface area contributed by atoms with Gasteiger partial charge in [0.1, 0.15) is 17.7 Å². The number of halogens is 2. The summed E-state index contributed by atoms with van der Waals surface area (Å²) in [5, 5.41) is 6.45. The molecule has 0 radical (unpaired) electrons. The Hall–Kier alpha value is -3.29. The highest BCUT2D eigenvalue weighted by Gasteiger charge is 2.58. The molecule has 5 rings (SSSR count). The Morgan fingerprint density at radius 1 is 0.844 bits per heavy atom. The zero-order chi connectivity index (χ0) is 22.4. The second-order valence-electron chi connectivity index (χ2n) is 7.41. The Morgan fingerprint density at radius 3 is 2.16 bits per heavy atom. The molecule has 0 bridgehead atoms. The van der Waals surface area contributed by atoms with Crippen LogP contribution in [0.1, 0.15) is 10.4 Å². The highest BCUT2D eigenvalue weighted by atomic mass is 79.9. The van der Waals surface area contributed by atoms with Gasteiger partial charge < -0.3 is 0 Å². The molecule has 2 aliphatic rings. The number of rotatable bonds is 4. The minimum Gasteiger partial charge on any atom is -0.287 e. The second-order valence-corrected chi connectivity index (χ2v) is 8.76. The smallest absolute Gasteiger partial charge is 0.259 e. The summed E-state index contributed by atoms with van der Waals surface area (Å²) in [4.78, 5) is 41.4. The van der Waals surface area contributed by atoms with Gasteiger partial charge in [0.2, 0.25) is 11.7 Å². The summed E-state index contributed by atoms with van der Waals surface area (Å²) in [7, 11) is 0. The summed E-state index contributed by atoms with van der Waals surface area (Å²) in [5.74, 6) is -2.31. The number of hydrogen-bond donors (Lipinski definition) is 0. The fourth-order valence-corrected chi connectivity index (χ4v) is 4.38. The van der Waals surface area contributed by atoms with Crippen molar-refractivity contribution in [3.8, 4) is 0 Å². The summed E-state index contributed by atoms with van der Waals surface area (Å²) in [5.41, 5.74) is 1.47. The van der Waals surface area contributed by atoms with Crippen molar-refractivity contribution in [2.24, 2.45) is 11.0 Å². The lowest BCUT2D eigenvalue weighted by molar-refractivity contribution is -0.121. The third kappa shape index (κ3) is 3.34. The van der Waals surface area contributed by atoms with Gasteiger partial charge in [0.15, 0.2) is 0 Å². The van der Waals surface area contributed by atoms with Crippen LogP contribution in [0.5, 0.6) is 0 Å². The van der Waals surface area contributed by atoms with Crippen LogP contribution in [0, 0.1) is 5.92 Å². The lowest BCUT2D eigenvalue weighted by atomic mass is 9.92. The van der Waals surface area contributed by atoms with Crippen molar-refractivity contribution < 1.29 is 14.4 Å². The summed E-state index contributed by atoms with van der Waals surface area (Å²) < 4.78 is 0.826. The molecule has 0 N–H and O–H groups in total. The van der Waals surface area contributed by atoms with Gasteiger partial charge in [0.25, 0.3) is 5.91 Å². The normalized spacial score (nSPS) is 19.9. The number of Topliss-reactive ketones (excluding diaryl/α,β-unsaturated/α-hetero) is 1. The van der Waals surface area contributed by atoms with Crippen LogP contribution in [0.15, 0.2) is 88.4 Å². The van der Waals surface area contributed by atoms with Gasteiger partial charge in [0.05, 0.1) is 11.4 Å². The molecule has 2 amide bonds. The summed E-state index contributed by atoms with van der Waals surface area (Å²) in [6.45, 7) is 0. The first-order valence-electron chi connectivity index (χ1n) is 9.82. The molecule has 3 aromatic rings. The first-order valence-corrected chi connectivity index (χ1v) is 11.0. The molecule has 1 saturated heterocycles. The number of amides is 2. The molecule has 158 valence electrons. The molecule has 2 atom stereocenters. The summed E-state index contributed by atoms with van der Waals surface area (Å²) in [6.07, 6.45) is 0. The molecular formula is C24H15BrClN3O3. The van der Waals surface area contributed by atoms with Gasteiger partial charge in [-0.15, -0.1) is 0 Å². The average Bonchev–Trinajstić information content (AvgIpc) is 3.32. The number of hydrazone groups is 1. The largest absolute Gasteiger partial charge is 0.287 e. The van der Waals surface area contributed by atoms with Crippen LogP contribution in [0.25, 0.3) is 0 Å². The Balaban J connectivity index is 1.60. The number of ketones is 1. The molecule has 6 nitrogen and oxygen atoms in total. The Kier molecular flexibility index (Phi) is 5.15. The van der Waals surface area contributed by atoms with E-state index in [1.165, 1.54) is 5.01 Å². The maximum absolute atomic E-state index is 13.5. The van der Waals surface area contributed by atoms with Gasteiger partial charge in [-0.25, -0.2) is 4.90 Å². The third-order valence-corrected chi connectivity index (χ3v) is 6.27. The Bertz CT molecular complexity index is 1260. The first kappa shape index (κ1) is 20.6. The number of benzene rings is 3. The fourth-order valence-electron chi connectivity index (χ4n) is 3.99. The van der Waals surface area contributed by atoms with E-state index in [0.29, 0.717) is 22.0 Å². The highest BCUT2D eigenvalue weighted by molar-refractivity contribution is 9.10. The maximum Gasteiger partial charge on any atom is 0.259 e. The van der Waals surface area contributed by atoms with E-state index in [0.717, 1.165) is 9.37 Å². The molecule has 8 heteroatoms. The van der Waals surface area contributed by atoms with E-state index in [1.54, 1.807) is 60.7 Å². The molecule has 0 unspecified atom stereocenters. The van der Waals surface area contributed by atoms with E-state index in [1.807, 2.05) is 18.2 Å². The quantitative estimate of drug-likeness (QED) is 0.378. The number of nitrogens with zero attached hydrogens (tertiary/aromatic N) is 3. The van der Waals surface area contributed by atoms with E-state index in [-0.39, 0.29) is 5.71 Å². The van der Waals surface area contributed by atoms with E-state index in [4.69, 9.17) is 11.6 Å². The van der Waals surface area contributed by atoms with Gasteiger partial charge in [-0.2, -0.15) is 5.10 Å². The minimum atomic E-state index is -1.01. The monoisotopic (exact) mass is 507 g/mol. The minimum absolute atomic E-state index is 0.0409. The van der Waals surface area contributed by atoms with Gasteiger partial charge in [0, 0.05) is 15.1 Å². The molecule has 32 heavy (non-hydrogen) atoms. The van der Waals surface area contributed by atoms with Crippen molar-refractivity contribution in [3.63, 3.8) is 0 Å². The SMILES string of the molecule is O=C(C1=NN(c2ccccc2)[C@@H]2C(=O)N(c3ccc(Br)cc3)C(=O)[C@H]12)c1ccc(Cl)cc1. The zero-order valence-corrected chi connectivity index (χ0v) is 18.8. The van der Waals surface area contributed by atoms with Crippen LogP contribution < -0.4 is 9.91 Å². The molecule has 0 aromatic heterocycles. The first-order chi connectivity index (χ1) is 15.5. The molecule has 0 spiro atoms. The average molecular weight is 509 g/mol. The van der Waals surface area contributed by atoms with Crippen molar-refractivity contribution in [1.82, 2.24) is 0 Å². The number of para-hydroxylation sites is 1. The van der Waals surface area contributed by atoms with Crippen molar-refractivity contribution >= 4 is 62.2 Å². The number of carbonyl (C=O) groups excluding carboxylic acids is 3. The number of anilines is 2. The zero-order valence-electron chi connectivity index (χ0n) is 16.5. The van der Waals surface area contributed by atoms with Gasteiger partial charge in [-0.1, -0.05) is 45.7 Å². The predicted octanol–water partition coefficient (Wildman–Crippen LogP) is 4.72. The molecule has 0 aliphatic carbocycles. The Labute approximate surface area is 197 Å². The molecule has 1 fully saturated rings. The van der Waals surface area contributed by atoms with Crippen LogP contribution in [0.3, 0.4) is 0 Å². The fraction of sp³-hybridized carbons (Fsp3) is 0.0833. The lowest BCUT2D eigenvalue weighted by Gasteiger charge is -2.22. The predicted molar refractivity (Wildman–Crippen MR) is 126 cm³/mol. The molecular weight excluding hydrogens is 494 g/mol. The van der Waals surface area contributed by atoms with E-state index >= 15 is 0 Å². The summed E-state index contributed by atoms with van der Waals surface area (Å²) in [6, 6.07) is 21.4. The second kappa shape index (κ2) is 8.00. The van der Waals surface area contributed by atoms with Crippen molar-refractivity contribution in [2.75, 3.05) is 9.91 Å². The topological polar surface area (TPSA) is 70.1 Å². The standard InChI is InChI=1S/C24H15BrClN3O3/c25-15-8-12-17(13-9-15)28-23(31)19-20(22(30)14-6-10-16(26)11-7-14)27-29(21(19)24(28)32)18-4-2-1-3-5-18/h1-13,19,21H/t19-,21+/m1/s1. The van der Waals surface area contributed by atoms with E-state index in [2.05, 4.69) is 21.0 Å². The third-order valence-electron chi connectivity index (χ3n) is 5.49. The lowest BCUT2D eigenvalue weighted by Crippen LogP contribution is -2.39. The maximum atomic E-state index is 13.5. The van der Waals surface area contributed by atoms with Gasteiger partial charge >= 0.3 is 0 Å². The van der Waals surface area contributed by atoms with Crippen LogP contribution in [0.4, 0.5) is 11.4 Å². The van der Waals surface area contributed by atoms with Gasteiger partial charge in [-0.3, -0.25) is 19.4 Å². The van der Waals surface area contributed by atoms with Gasteiger partial charge in [-0.05, 0) is 60.7 Å². The van der Waals surface area contributed by atoms with Crippen molar-refractivity contribution in [1.29, 1.82) is 0 Å². The van der Waals surface area contributed by atoms with Crippen LogP contribution in [-0.4, -0.2) is 29.4 Å². The highest BCUT2D eigenvalue weighted by Crippen LogP contribution is 2.38. The number of imide groups is 1. The van der Waals surface area contributed by atoms with E-state index < -0.39 is 29.6 Å². The number of fused-ring (bicyclic) bond motifs is 1. The summed E-state index contributed by atoms with van der Waals surface area (Å²) >= 11 is 9.31. The van der Waals surface area contributed by atoms with Crippen LogP contribution >= 0.6 is 27.5 Å².